The molecule has 0 spiro atoms. The molecule has 5 rings (SSSR count). The first kappa shape index (κ1) is 24.8. The van der Waals surface area contributed by atoms with Gasteiger partial charge in [-0.1, -0.05) is 23.6 Å². The van der Waals surface area contributed by atoms with Crippen molar-refractivity contribution in [1.29, 1.82) is 0 Å². The van der Waals surface area contributed by atoms with E-state index in [1.54, 1.807) is 24.3 Å². The van der Waals surface area contributed by atoms with Crippen LogP contribution in [0.25, 0.3) is 16.6 Å². The van der Waals surface area contributed by atoms with E-state index in [4.69, 9.17) is 17.3 Å². The third-order valence-electron chi connectivity index (χ3n) is 5.53. The number of hydrogen-bond donors (Lipinski definition) is 2. The molecule has 0 aliphatic rings. The Kier molecular flexibility index (Phi) is 6.93. The minimum Gasteiger partial charge on any atom is -0.382 e. The number of halogens is 3. The lowest BCUT2D eigenvalue weighted by molar-refractivity contribution is 0.621. The molecule has 2 aromatic carbocycles. The van der Waals surface area contributed by atoms with Crippen LogP contribution in [0.5, 0.6) is 0 Å². The summed E-state index contributed by atoms with van der Waals surface area (Å²) in [6, 6.07) is 13.3. The maximum atomic E-state index is 13.9. The Morgan fingerprint density at radius 2 is 1.84 bits per heavy atom. The number of fused-ring (bicyclic) bond motifs is 1. The van der Waals surface area contributed by atoms with Gasteiger partial charge in [0, 0.05) is 18.0 Å². The van der Waals surface area contributed by atoms with E-state index in [9.17, 15) is 13.6 Å². The zero-order valence-corrected chi connectivity index (χ0v) is 20.4. The molecular weight excluding hydrogens is 512 g/mol. The summed E-state index contributed by atoms with van der Waals surface area (Å²) >= 11 is 6.17. The molecule has 0 fully saturated rings. The Bertz CT molecular complexity index is 1780. The number of nitrogens with one attached hydrogen (secondary N) is 1. The molecule has 188 valence electrons. The van der Waals surface area contributed by atoms with Crippen molar-refractivity contribution in [3.8, 4) is 17.5 Å². The molecule has 3 N–H and O–H groups in total. The van der Waals surface area contributed by atoms with Gasteiger partial charge in [-0.2, -0.15) is 0 Å². The highest BCUT2D eigenvalue weighted by Gasteiger charge is 2.15. The van der Waals surface area contributed by atoms with Crippen molar-refractivity contribution in [2.45, 2.75) is 6.42 Å². The van der Waals surface area contributed by atoms with E-state index in [1.807, 2.05) is 0 Å². The smallest absolute Gasteiger partial charge is 0.266 e. The molecule has 5 aromatic rings. The summed E-state index contributed by atoms with van der Waals surface area (Å²) in [5.74, 6) is 5.64. The van der Waals surface area contributed by atoms with Gasteiger partial charge in [0.2, 0.25) is 0 Å². The second kappa shape index (κ2) is 10.6. The zero-order chi connectivity index (χ0) is 26.6. The number of aromatic nitrogens is 5. The SMILES string of the molecule is Nc1ncnc(NCCc2nc3ccc(F)cc3c(=O)n2-c2cccc(Cl)c2)c1C#Cc1ccc(F)cn1. The first-order chi connectivity index (χ1) is 18.4. The van der Waals surface area contributed by atoms with Crippen molar-refractivity contribution >= 4 is 34.1 Å². The quantitative estimate of drug-likeness (QED) is 0.329. The van der Waals surface area contributed by atoms with E-state index in [0.717, 1.165) is 6.20 Å². The van der Waals surface area contributed by atoms with Crippen LogP contribution in [0.15, 0.2) is 71.9 Å². The normalized spacial score (nSPS) is 10.7. The molecule has 0 atom stereocenters. The predicted molar refractivity (Wildman–Crippen MR) is 141 cm³/mol. The standard InChI is InChI=1S/C27H18ClF2N7O/c28-16-2-1-3-20(12-16)37-24(36-23-9-5-17(29)13-22(23)27(37)38)10-11-32-26-21(25(31)34-15-35-26)8-7-19-6-4-18(30)14-33-19/h1-6,9,12-15H,10-11H2,(H3,31,32,34,35). The number of nitrogen functional groups attached to an aromatic ring is 1. The molecule has 8 nitrogen and oxygen atoms in total. The van der Waals surface area contributed by atoms with Gasteiger partial charge < -0.3 is 11.1 Å². The predicted octanol–water partition coefficient (Wildman–Crippen LogP) is 4.14. The molecule has 11 heteroatoms. The Morgan fingerprint density at radius 1 is 1.00 bits per heavy atom. The van der Waals surface area contributed by atoms with Gasteiger partial charge in [-0.15, -0.1) is 0 Å². The van der Waals surface area contributed by atoms with Crippen LogP contribution in [0.4, 0.5) is 20.4 Å². The maximum Gasteiger partial charge on any atom is 0.266 e. The average Bonchev–Trinajstić information content (AvgIpc) is 2.90. The lowest BCUT2D eigenvalue weighted by atomic mass is 10.2. The molecule has 38 heavy (non-hydrogen) atoms. The lowest BCUT2D eigenvalue weighted by Crippen LogP contribution is -2.25. The molecule has 0 unspecified atom stereocenters. The van der Waals surface area contributed by atoms with E-state index >= 15 is 0 Å². The number of hydrogen-bond acceptors (Lipinski definition) is 7. The minimum absolute atomic E-state index is 0.150. The van der Waals surface area contributed by atoms with Crippen LogP contribution in [0, 0.1) is 23.5 Å². The summed E-state index contributed by atoms with van der Waals surface area (Å²) < 4.78 is 28.4. The van der Waals surface area contributed by atoms with Gasteiger partial charge in [-0.25, -0.2) is 28.7 Å². The lowest BCUT2D eigenvalue weighted by Gasteiger charge is -2.15. The molecule has 0 saturated heterocycles. The Hall–Kier alpha value is -4.88. The second-order valence-corrected chi connectivity index (χ2v) is 8.52. The molecule has 0 amide bonds. The zero-order valence-electron chi connectivity index (χ0n) is 19.6. The third-order valence-corrected chi connectivity index (χ3v) is 5.76. The maximum absolute atomic E-state index is 13.9. The van der Waals surface area contributed by atoms with Gasteiger partial charge in [0.1, 0.15) is 46.7 Å². The topological polar surface area (TPSA) is 112 Å². The van der Waals surface area contributed by atoms with Gasteiger partial charge >= 0.3 is 0 Å². The van der Waals surface area contributed by atoms with Gasteiger partial charge in [0.05, 0.1) is 22.8 Å². The van der Waals surface area contributed by atoms with Gasteiger partial charge in [0.15, 0.2) is 0 Å². The molecule has 3 heterocycles. The van der Waals surface area contributed by atoms with Gasteiger partial charge in [-0.05, 0) is 54.5 Å². The molecular formula is C27H18ClF2N7O. The van der Waals surface area contributed by atoms with Crippen LogP contribution < -0.4 is 16.6 Å². The van der Waals surface area contributed by atoms with Crippen molar-refractivity contribution in [1.82, 2.24) is 24.5 Å². The van der Waals surface area contributed by atoms with Crippen LogP contribution in [0.2, 0.25) is 5.02 Å². The summed E-state index contributed by atoms with van der Waals surface area (Å²) in [6.07, 6.45) is 2.65. The van der Waals surface area contributed by atoms with E-state index in [-0.39, 0.29) is 17.6 Å². The van der Waals surface area contributed by atoms with E-state index in [1.165, 1.54) is 41.2 Å². The largest absolute Gasteiger partial charge is 0.382 e. The highest BCUT2D eigenvalue weighted by atomic mass is 35.5. The van der Waals surface area contributed by atoms with Crippen LogP contribution in [-0.4, -0.2) is 31.0 Å². The van der Waals surface area contributed by atoms with Crippen molar-refractivity contribution in [3.05, 3.63) is 111 Å². The molecule has 0 bridgehead atoms. The Balaban J connectivity index is 1.47. The summed E-state index contributed by atoms with van der Waals surface area (Å²) in [4.78, 5) is 30.2. The number of benzene rings is 2. The molecule has 3 aromatic heterocycles. The van der Waals surface area contributed by atoms with Crippen LogP contribution in [-0.2, 0) is 6.42 Å². The van der Waals surface area contributed by atoms with Crippen molar-refractivity contribution in [3.63, 3.8) is 0 Å². The minimum atomic E-state index is -0.533. The molecule has 0 saturated carbocycles. The van der Waals surface area contributed by atoms with Crippen LogP contribution >= 0.6 is 11.6 Å². The fourth-order valence-electron chi connectivity index (χ4n) is 3.78. The molecule has 0 aliphatic heterocycles. The summed E-state index contributed by atoms with van der Waals surface area (Å²) in [6.45, 7) is 0.291. The summed E-state index contributed by atoms with van der Waals surface area (Å²) in [5, 5.41) is 3.75. The second-order valence-electron chi connectivity index (χ2n) is 8.08. The van der Waals surface area contributed by atoms with Crippen molar-refractivity contribution in [2.24, 2.45) is 0 Å². The molecule has 0 aliphatic carbocycles. The fraction of sp³-hybridized carbons (Fsp3) is 0.0741. The van der Waals surface area contributed by atoms with Crippen LogP contribution in [0.1, 0.15) is 17.1 Å². The van der Waals surface area contributed by atoms with Gasteiger partial charge in [0.25, 0.3) is 5.56 Å². The summed E-state index contributed by atoms with van der Waals surface area (Å²) in [5.41, 5.74) is 7.17. The highest BCUT2D eigenvalue weighted by molar-refractivity contribution is 6.30. The molecule has 0 radical (unpaired) electrons. The van der Waals surface area contributed by atoms with E-state index in [2.05, 4.69) is 37.1 Å². The number of anilines is 2. The Morgan fingerprint density at radius 3 is 2.63 bits per heavy atom. The highest BCUT2D eigenvalue weighted by Crippen LogP contribution is 2.19. The van der Waals surface area contributed by atoms with E-state index in [0.29, 0.717) is 45.7 Å². The summed E-state index contributed by atoms with van der Waals surface area (Å²) in [7, 11) is 0. The van der Waals surface area contributed by atoms with Crippen LogP contribution in [0.3, 0.4) is 0 Å². The van der Waals surface area contributed by atoms with E-state index < -0.39 is 17.2 Å². The van der Waals surface area contributed by atoms with Crippen molar-refractivity contribution < 1.29 is 8.78 Å². The Labute approximate surface area is 220 Å². The average molecular weight is 530 g/mol. The number of rotatable bonds is 5. The first-order valence-electron chi connectivity index (χ1n) is 11.3. The fourth-order valence-corrected chi connectivity index (χ4v) is 3.96. The number of pyridine rings is 1. The first-order valence-corrected chi connectivity index (χ1v) is 11.7. The third kappa shape index (κ3) is 5.28. The number of nitrogens with zero attached hydrogens (tertiary/aromatic N) is 5. The van der Waals surface area contributed by atoms with Gasteiger partial charge in [-0.3, -0.25) is 9.36 Å². The monoisotopic (exact) mass is 529 g/mol. The number of nitrogens with two attached hydrogens (primary N) is 1. The van der Waals surface area contributed by atoms with Crippen molar-refractivity contribution in [2.75, 3.05) is 17.6 Å².